The molecule has 3 saturated heterocycles. The quantitative estimate of drug-likeness (QED) is 0.255. The van der Waals surface area contributed by atoms with E-state index >= 15 is 0 Å². The number of carbonyl (C=O) groups excluding carboxylic acids is 1. The van der Waals surface area contributed by atoms with Gasteiger partial charge in [0.05, 0.1) is 26.0 Å². The number of aromatic nitrogens is 2. The number of piperazine rings is 2. The van der Waals surface area contributed by atoms with Gasteiger partial charge in [-0.05, 0) is 75.9 Å². The Kier molecular flexibility index (Phi) is 7.82. The minimum absolute atomic E-state index is 0.510. The van der Waals surface area contributed by atoms with Crippen LogP contribution in [-0.4, -0.2) is 102 Å². The smallest absolute Gasteiger partial charge is 0.210 e. The summed E-state index contributed by atoms with van der Waals surface area (Å²) in [4.78, 5) is 34.8. The van der Waals surface area contributed by atoms with Gasteiger partial charge in [0.1, 0.15) is 0 Å². The van der Waals surface area contributed by atoms with Crippen LogP contribution < -0.4 is 9.80 Å². The Balaban J connectivity index is 1.20. The summed E-state index contributed by atoms with van der Waals surface area (Å²) in [6, 6.07) is 14.5. The van der Waals surface area contributed by atoms with Crippen LogP contribution in [0, 0.1) is 0 Å². The van der Waals surface area contributed by atoms with Gasteiger partial charge in [0.25, 0.3) is 0 Å². The molecule has 0 saturated carbocycles. The molecule has 0 atom stereocenters. The first-order chi connectivity index (χ1) is 20.9. The van der Waals surface area contributed by atoms with Crippen LogP contribution in [0.2, 0.25) is 0 Å². The first-order valence-electron chi connectivity index (χ1n) is 15.9. The minimum atomic E-state index is -0.510. The van der Waals surface area contributed by atoms with Crippen LogP contribution in [0.1, 0.15) is 51.7 Å². The molecule has 0 unspecified atom stereocenters. The van der Waals surface area contributed by atoms with Crippen LogP contribution >= 0.6 is 22.7 Å². The topological polar surface area (TPSA) is 59.1 Å². The van der Waals surface area contributed by atoms with Crippen molar-refractivity contribution in [2.45, 2.75) is 58.2 Å². The lowest BCUT2D eigenvalue weighted by Crippen LogP contribution is -2.48. The van der Waals surface area contributed by atoms with Gasteiger partial charge >= 0.3 is 0 Å². The largest absolute Gasteiger partial charge is 0.345 e. The molecule has 4 aromatic rings. The molecule has 2 aromatic heterocycles. The average Bonchev–Trinajstić information content (AvgIpc) is 3.77. The molecular formula is C33H43N7OS2. The van der Waals surface area contributed by atoms with Crippen molar-refractivity contribution < 1.29 is 4.79 Å². The Morgan fingerprint density at radius 3 is 1.58 bits per heavy atom. The van der Waals surface area contributed by atoms with Gasteiger partial charge < -0.3 is 14.7 Å². The summed E-state index contributed by atoms with van der Waals surface area (Å²) in [5.74, 6) is 0. The molecule has 3 fully saturated rings. The van der Waals surface area contributed by atoms with Crippen LogP contribution in [0.25, 0.3) is 20.4 Å². The van der Waals surface area contributed by atoms with E-state index in [1.54, 1.807) is 22.7 Å². The fraction of sp³-hybridized carbons (Fsp3) is 0.545. The molecule has 3 aliphatic heterocycles. The minimum Gasteiger partial charge on any atom is -0.345 e. The van der Waals surface area contributed by atoms with Crippen molar-refractivity contribution in [3.8, 4) is 0 Å². The van der Waals surface area contributed by atoms with Crippen LogP contribution in [0.15, 0.2) is 36.4 Å². The van der Waals surface area contributed by atoms with Crippen molar-refractivity contribution in [3.05, 3.63) is 47.5 Å². The maximum Gasteiger partial charge on any atom is 0.210 e. The lowest BCUT2D eigenvalue weighted by molar-refractivity contribution is -0.121. The zero-order valence-corrected chi connectivity index (χ0v) is 27.5. The number of nitrogens with zero attached hydrogens (tertiary/aromatic N) is 7. The van der Waals surface area contributed by atoms with Crippen molar-refractivity contribution in [3.63, 3.8) is 0 Å². The third-order valence-corrected chi connectivity index (χ3v) is 12.1. The lowest BCUT2D eigenvalue weighted by Gasteiger charge is -2.37. The standard InChI is InChI=1S/C33H43N7OS2/c1-23(2)36-12-16-38(17-13-36)31-34-27-20-25(6-8-29(27)42-31)33(10-5-11-40(33)22-41)26-7-9-30-28(21-26)35-32(43-30)39-18-14-37(15-19-39)24(3)4/h6-9,20-24H,5,10-19H2,1-4H3. The number of likely N-dealkylation sites (tertiary alicyclic amines) is 1. The number of hydrogen-bond donors (Lipinski definition) is 0. The Morgan fingerprint density at radius 1 is 0.698 bits per heavy atom. The fourth-order valence-corrected chi connectivity index (χ4v) is 9.24. The number of rotatable bonds is 7. The zero-order valence-electron chi connectivity index (χ0n) is 25.8. The van der Waals surface area contributed by atoms with E-state index in [1.165, 1.54) is 9.40 Å². The average molecular weight is 618 g/mol. The number of carbonyl (C=O) groups is 1. The third kappa shape index (κ3) is 5.20. The summed E-state index contributed by atoms with van der Waals surface area (Å²) in [6.45, 7) is 18.2. The predicted octanol–water partition coefficient (Wildman–Crippen LogP) is 5.46. The van der Waals surface area contributed by atoms with Crippen molar-refractivity contribution in [2.24, 2.45) is 0 Å². The monoisotopic (exact) mass is 617 g/mol. The molecule has 10 heteroatoms. The van der Waals surface area contributed by atoms with Crippen molar-refractivity contribution >= 4 is 59.8 Å². The van der Waals surface area contributed by atoms with E-state index in [4.69, 9.17) is 9.97 Å². The third-order valence-electron chi connectivity index (χ3n) is 9.89. The SMILES string of the molecule is CC(C)N1CCN(c2nc3cc(C4(c5ccc6sc(N7CCN(C(C)C)CC7)nc6c5)CCCN4C=O)ccc3s2)CC1. The second kappa shape index (κ2) is 11.6. The number of amides is 1. The van der Waals surface area contributed by atoms with Crippen molar-refractivity contribution in [1.29, 1.82) is 0 Å². The highest BCUT2D eigenvalue weighted by Crippen LogP contribution is 2.46. The zero-order chi connectivity index (χ0) is 29.7. The van der Waals surface area contributed by atoms with Crippen LogP contribution in [0.5, 0.6) is 0 Å². The van der Waals surface area contributed by atoms with Gasteiger partial charge in [-0.25, -0.2) is 9.97 Å². The van der Waals surface area contributed by atoms with Crippen LogP contribution in [0.4, 0.5) is 10.3 Å². The first kappa shape index (κ1) is 29.0. The molecule has 0 aliphatic carbocycles. The van der Waals surface area contributed by atoms with Gasteiger partial charge in [-0.3, -0.25) is 14.6 Å². The maximum atomic E-state index is 12.5. The molecule has 43 heavy (non-hydrogen) atoms. The first-order valence-corrected chi connectivity index (χ1v) is 17.5. The molecule has 0 radical (unpaired) electrons. The van der Waals surface area contributed by atoms with Crippen LogP contribution in [-0.2, 0) is 10.3 Å². The number of benzene rings is 2. The molecule has 5 heterocycles. The Morgan fingerprint density at radius 2 is 1.16 bits per heavy atom. The Hall–Kier alpha value is -2.79. The van der Waals surface area contributed by atoms with E-state index in [0.717, 1.165) is 111 Å². The summed E-state index contributed by atoms with van der Waals surface area (Å²) in [6.07, 6.45) is 2.91. The lowest BCUT2D eigenvalue weighted by atomic mass is 9.80. The van der Waals surface area contributed by atoms with Crippen LogP contribution in [0.3, 0.4) is 0 Å². The van der Waals surface area contributed by atoms with Gasteiger partial charge in [-0.15, -0.1) is 0 Å². The van der Waals surface area contributed by atoms with Gasteiger partial charge in [0, 0.05) is 71.0 Å². The van der Waals surface area contributed by atoms with Gasteiger partial charge in [-0.1, -0.05) is 34.8 Å². The predicted molar refractivity (Wildman–Crippen MR) is 180 cm³/mol. The highest BCUT2D eigenvalue weighted by Gasteiger charge is 2.44. The Labute approximate surface area is 262 Å². The number of fused-ring (bicyclic) bond motifs is 2. The molecule has 0 spiro atoms. The maximum absolute atomic E-state index is 12.5. The molecular weight excluding hydrogens is 575 g/mol. The van der Waals surface area contributed by atoms with E-state index in [0.29, 0.717) is 12.1 Å². The number of anilines is 2. The summed E-state index contributed by atoms with van der Waals surface area (Å²) in [7, 11) is 0. The van der Waals surface area contributed by atoms with E-state index in [2.05, 4.69) is 83.7 Å². The van der Waals surface area contributed by atoms with E-state index in [9.17, 15) is 4.79 Å². The second-order valence-electron chi connectivity index (χ2n) is 12.9. The molecule has 2 aromatic carbocycles. The summed E-state index contributed by atoms with van der Waals surface area (Å²) in [5.41, 5.74) is 3.83. The van der Waals surface area contributed by atoms with Crippen molar-refractivity contribution in [2.75, 3.05) is 68.7 Å². The normalized spacial score (nSPS) is 20.4. The molecule has 8 nitrogen and oxygen atoms in total. The van der Waals surface area contributed by atoms with E-state index in [-0.39, 0.29) is 0 Å². The molecule has 0 bridgehead atoms. The summed E-state index contributed by atoms with van der Waals surface area (Å²) in [5, 5.41) is 2.21. The molecule has 1 amide bonds. The van der Waals surface area contributed by atoms with Gasteiger partial charge in [0.15, 0.2) is 10.3 Å². The molecule has 228 valence electrons. The molecule has 7 rings (SSSR count). The van der Waals surface area contributed by atoms with E-state index in [1.807, 2.05) is 4.90 Å². The molecule has 3 aliphatic rings. The second-order valence-corrected chi connectivity index (χ2v) is 14.9. The van der Waals surface area contributed by atoms with Gasteiger partial charge in [0.2, 0.25) is 6.41 Å². The fourth-order valence-electron chi connectivity index (χ4n) is 7.24. The summed E-state index contributed by atoms with van der Waals surface area (Å²) >= 11 is 3.57. The highest BCUT2D eigenvalue weighted by atomic mass is 32.1. The highest BCUT2D eigenvalue weighted by molar-refractivity contribution is 7.22. The molecule has 0 N–H and O–H groups in total. The Bertz CT molecular complexity index is 1490. The number of hydrogen-bond acceptors (Lipinski definition) is 9. The van der Waals surface area contributed by atoms with E-state index < -0.39 is 5.54 Å². The number of thiazole rings is 2. The van der Waals surface area contributed by atoms with Gasteiger partial charge in [-0.2, -0.15) is 0 Å². The summed E-state index contributed by atoms with van der Waals surface area (Å²) < 4.78 is 2.40. The van der Waals surface area contributed by atoms with Crippen molar-refractivity contribution in [1.82, 2.24) is 24.7 Å².